The molecule has 0 aliphatic carbocycles. The zero-order valence-corrected chi connectivity index (χ0v) is 15.8. The van der Waals surface area contributed by atoms with Gasteiger partial charge in [0.25, 0.3) is 5.56 Å². The summed E-state index contributed by atoms with van der Waals surface area (Å²) in [5, 5.41) is 13.4. The van der Waals surface area contributed by atoms with Crippen LogP contribution >= 0.6 is 0 Å². The second kappa shape index (κ2) is 9.82. The highest BCUT2D eigenvalue weighted by Gasteiger charge is 2.12. The molecule has 0 amide bonds. The van der Waals surface area contributed by atoms with E-state index in [2.05, 4.69) is 20.5 Å². The maximum absolute atomic E-state index is 12.2. The molecule has 2 N–H and O–H groups in total. The molecule has 8 nitrogen and oxygen atoms in total. The van der Waals surface area contributed by atoms with Crippen molar-refractivity contribution in [2.24, 2.45) is 5.10 Å². The number of rotatable bonds is 8. The number of hydrazone groups is 1. The van der Waals surface area contributed by atoms with Gasteiger partial charge in [0.1, 0.15) is 24.0 Å². The lowest BCUT2D eigenvalue weighted by atomic mass is 10.1. The minimum absolute atomic E-state index is 0.0494. The summed E-state index contributed by atoms with van der Waals surface area (Å²) < 4.78 is 10.5. The molecule has 0 aliphatic heterocycles. The normalized spacial score (nSPS) is 10.6. The van der Waals surface area contributed by atoms with E-state index in [-0.39, 0.29) is 11.5 Å². The first-order valence-electron chi connectivity index (χ1n) is 8.82. The predicted molar refractivity (Wildman–Crippen MR) is 110 cm³/mol. The van der Waals surface area contributed by atoms with E-state index in [4.69, 9.17) is 9.47 Å². The monoisotopic (exact) mass is 389 g/mol. The van der Waals surface area contributed by atoms with Crippen LogP contribution in [0, 0.1) is 11.3 Å². The number of H-pyrrole nitrogens is 1. The summed E-state index contributed by atoms with van der Waals surface area (Å²) in [4.78, 5) is 19.1. The summed E-state index contributed by atoms with van der Waals surface area (Å²) in [5.74, 6) is 0.832. The summed E-state index contributed by atoms with van der Waals surface area (Å²) >= 11 is 0. The molecule has 1 heterocycles. The minimum Gasteiger partial charge on any atom is -0.491 e. The average molecular weight is 389 g/mol. The van der Waals surface area contributed by atoms with E-state index in [0.717, 1.165) is 5.56 Å². The molecule has 0 saturated carbocycles. The summed E-state index contributed by atoms with van der Waals surface area (Å²) in [7, 11) is 1.61. The Hall–Kier alpha value is -3.96. The Morgan fingerprint density at radius 1 is 1.21 bits per heavy atom. The van der Waals surface area contributed by atoms with Gasteiger partial charge >= 0.3 is 0 Å². The zero-order valence-electron chi connectivity index (χ0n) is 15.8. The molecule has 2 aromatic carbocycles. The van der Waals surface area contributed by atoms with Gasteiger partial charge in [-0.25, -0.2) is 10.4 Å². The van der Waals surface area contributed by atoms with E-state index in [9.17, 15) is 10.1 Å². The van der Waals surface area contributed by atoms with E-state index in [1.807, 2.05) is 48.5 Å². The molecule has 0 radical (unpaired) electrons. The summed E-state index contributed by atoms with van der Waals surface area (Å²) in [6, 6.07) is 18.3. The van der Waals surface area contributed by atoms with Crippen molar-refractivity contribution in [3.63, 3.8) is 0 Å². The fourth-order valence-corrected chi connectivity index (χ4v) is 2.53. The zero-order chi connectivity index (χ0) is 20.5. The van der Waals surface area contributed by atoms with Crippen molar-refractivity contribution in [2.45, 2.75) is 0 Å². The van der Waals surface area contributed by atoms with Crippen LogP contribution in [0.25, 0.3) is 11.3 Å². The van der Waals surface area contributed by atoms with Gasteiger partial charge in [0, 0.05) is 12.7 Å². The van der Waals surface area contributed by atoms with Crippen LogP contribution in [-0.2, 0) is 4.74 Å². The number of aromatic amines is 1. The number of nitrogens with zero attached hydrogens (tertiary/aromatic N) is 3. The number of nitriles is 1. The second-order valence-corrected chi connectivity index (χ2v) is 5.90. The van der Waals surface area contributed by atoms with E-state index in [1.165, 1.54) is 0 Å². The van der Waals surface area contributed by atoms with Gasteiger partial charge in [0.2, 0.25) is 5.95 Å². The maximum atomic E-state index is 12.2. The summed E-state index contributed by atoms with van der Waals surface area (Å²) in [6.45, 7) is 0.954. The van der Waals surface area contributed by atoms with E-state index < -0.39 is 5.56 Å². The van der Waals surface area contributed by atoms with Crippen molar-refractivity contribution in [3.05, 3.63) is 76.1 Å². The molecule has 0 saturated heterocycles. The van der Waals surface area contributed by atoms with Crippen LogP contribution in [0.5, 0.6) is 5.75 Å². The Morgan fingerprint density at radius 3 is 2.79 bits per heavy atom. The molecule has 8 heteroatoms. The Labute approximate surface area is 167 Å². The molecule has 0 unspecified atom stereocenters. The first kappa shape index (κ1) is 19.8. The Balaban J connectivity index is 1.78. The van der Waals surface area contributed by atoms with E-state index >= 15 is 0 Å². The van der Waals surface area contributed by atoms with Crippen molar-refractivity contribution in [3.8, 4) is 23.1 Å². The minimum atomic E-state index is -0.535. The number of methoxy groups -OCH3 is 1. The average Bonchev–Trinajstić information content (AvgIpc) is 2.74. The third kappa shape index (κ3) is 5.28. The first-order chi connectivity index (χ1) is 14.2. The van der Waals surface area contributed by atoms with Gasteiger partial charge in [-0.1, -0.05) is 42.5 Å². The SMILES string of the molecule is COCCOc1cccc(C=NNc2nc(-c3ccccc3)c(C#N)c(=O)[nH]2)c1. The van der Waals surface area contributed by atoms with Gasteiger partial charge in [0.15, 0.2) is 0 Å². The molecule has 0 fully saturated rings. The molecular weight excluding hydrogens is 370 g/mol. The summed E-state index contributed by atoms with van der Waals surface area (Å²) in [5.41, 5.74) is 3.88. The number of hydrogen-bond acceptors (Lipinski definition) is 7. The smallest absolute Gasteiger partial charge is 0.270 e. The third-order valence-electron chi connectivity index (χ3n) is 3.88. The van der Waals surface area contributed by atoms with Gasteiger partial charge in [-0.2, -0.15) is 10.4 Å². The molecule has 0 atom stereocenters. The van der Waals surface area contributed by atoms with E-state index in [1.54, 1.807) is 25.5 Å². The maximum Gasteiger partial charge on any atom is 0.270 e. The van der Waals surface area contributed by atoms with Gasteiger partial charge in [0.05, 0.1) is 18.5 Å². The highest BCUT2D eigenvalue weighted by molar-refractivity contribution is 5.80. The molecule has 1 aromatic heterocycles. The number of benzene rings is 2. The second-order valence-electron chi connectivity index (χ2n) is 5.90. The fraction of sp³-hybridized carbons (Fsp3) is 0.143. The van der Waals surface area contributed by atoms with Crippen LogP contribution in [0.1, 0.15) is 11.1 Å². The van der Waals surface area contributed by atoms with Crippen LogP contribution in [0.4, 0.5) is 5.95 Å². The van der Waals surface area contributed by atoms with E-state index in [0.29, 0.717) is 30.2 Å². The summed E-state index contributed by atoms with van der Waals surface area (Å²) in [6.07, 6.45) is 1.57. The quantitative estimate of drug-likeness (QED) is 0.348. The predicted octanol–water partition coefficient (Wildman–Crippen LogP) is 2.78. The van der Waals surface area contributed by atoms with Crippen LogP contribution in [0.15, 0.2) is 64.5 Å². The highest BCUT2D eigenvalue weighted by atomic mass is 16.5. The lowest BCUT2D eigenvalue weighted by Crippen LogP contribution is -2.16. The lowest BCUT2D eigenvalue weighted by molar-refractivity contribution is 0.146. The highest BCUT2D eigenvalue weighted by Crippen LogP contribution is 2.19. The van der Waals surface area contributed by atoms with Crippen LogP contribution < -0.4 is 15.7 Å². The fourth-order valence-electron chi connectivity index (χ4n) is 2.53. The Bertz CT molecular complexity index is 1090. The Morgan fingerprint density at radius 2 is 2.03 bits per heavy atom. The van der Waals surface area contributed by atoms with Crippen molar-refractivity contribution < 1.29 is 9.47 Å². The Kier molecular flexibility index (Phi) is 6.71. The number of hydrogen-bond donors (Lipinski definition) is 2. The number of ether oxygens (including phenoxy) is 2. The van der Waals surface area contributed by atoms with Crippen molar-refractivity contribution in [1.82, 2.24) is 9.97 Å². The molecular formula is C21H19N5O3. The lowest BCUT2D eigenvalue weighted by Gasteiger charge is -2.06. The number of anilines is 1. The van der Waals surface area contributed by atoms with Crippen molar-refractivity contribution in [2.75, 3.05) is 25.7 Å². The number of nitrogens with one attached hydrogen (secondary N) is 2. The molecule has 146 valence electrons. The van der Waals surface area contributed by atoms with Gasteiger partial charge in [-0.3, -0.25) is 9.78 Å². The topological polar surface area (TPSA) is 112 Å². The van der Waals surface area contributed by atoms with Crippen molar-refractivity contribution in [1.29, 1.82) is 5.26 Å². The standard InChI is InChI=1S/C21H19N5O3/c1-28-10-11-29-17-9-5-6-15(12-17)14-23-26-21-24-19(16-7-3-2-4-8-16)18(13-22)20(27)25-21/h2-9,12,14H,10-11H2,1H3,(H2,24,25,26,27). The van der Waals surface area contributed by atoms with Crippen LogP contribution in [-0.4, -0.2) is 36.5 Å². The number of aromatic nitrogens is 2. The largest absolute Gasteiger partial charge is 0.491 e. The molecule has 0 aliphatic rings. The third-order valence-corrected chi connectivity index (χ3v) is 3.88. The van der Waals surface area contributed by atoms with Crippen LogP contribution in [0.3, 0.4) is 0 Å². The molecule has 3 rings (SSSR count). The van der Waals surface area contributed by atoms with Gasteiger partial charge < -0.3 is 9.47 Å². The van der Waals surface area contributed by atoms with Crippen molar-refractivity contribution >= 4 is 12.2 Å². The molecule has 3 aromatic rings. The van der Waals surface area contributed by atoms with Gasteiger partial charge in [-0.05, 0) is 17.7 Å². The molecule has 0 bridgehead atoms. The van der Waals surface area contributed by atoms with Gasteiger partial charge in [-0.15, -0.1) is 0 Å². The molecule has 29 heavy (non-hydrogen) atoms. The first-order valence-corrected chi connectivity index (χ1v) is 8.82. The van der Waals surface area contributed by atoms with Crippen LogP contribution in [0.2, 0.25) is 0 Å². The molecule has 0 spiro atoms.